The SMILES string of the molecule is C=C(C)C.C=CC.C=CC=C. The summed E-state index contributed by atoms with van der Waals surface area (Å²) in [6, 6.07) is 0. The average molecular weight is 152 g/mol. The van der Waals surface area contributed by atoms with Crippen LogP contribution in [0.3, 0.4) is 0 Å². The summed E-state index contributed by atoms with van der Waals surface area (Å²) >= 11 is 0. The lowest BCUT2D eigenvalue weighted by Gasteiger charge is -1.65. The second-order valence-electron chi connectivity index (χ2n) is 2.09. The van der Waals surface area contributed by atoms with Crippen LogP contribution in [0.5, 0.6) is 0 Å². The first kappa shape index (κ1) is 16.5. The Kier molecular flexibility index (Phi) is 34.6. The molecule has 0 spiro atoms. The van der Waals surface area contributed by atoms with Crippen molar-refractivity contribution in [2.45, 2.75) is 20.8 Å². The van der Waals surface area contributed by atoms with Gasteiger partial charge in [-0.05, 0) is 20.8 Å². The van der Waals surface area contributed by atoms with E-state index in [1.165, 1.54) is 5.57 Å². The molecular weight excluding hydrogens is 132 g/mol. The van der Waals surface area contributed by atoms with Crippen LogP contribution in [-0.2, 0) is 0 Å². The molecule has 0 amide bonds. The second kappa shape index (κ2) is 23.1. The summed E-state index contributed by atoms with van der Waals surface area (Å²) in [7, 11) is 0. The molecule has 0 bridgehead atoms. The summed E-state index contributed by atoms with van der Waals surface area (Å²) in [6.45, 7) is 19.5. The van der Waals surface area contributed by atoms with Crippen LogP contribution in [0.1, 0.15) is 20.8 Å². The summed E-state index contributed by atoms with van der Waals surface area (Å²) in [5.41, 5.74) is 1.17. The highest BCUT2D eigenvalue weighted by Crippen LogP contribution is 1.73. The van der Waals surface area contributed by atoms with E-state index in [1.807, 2.05) is 20.8 Å². The van der Waals surface area contributed by atoms with Crippen molar-refractivity contribution in [3.8, 4) is 0 Å². The monoisotopic (exact) mass is 152 g/mol. The Hall–Kier alpha value is -1.04. The van der Waals surface area contributed by atoms with E-state index >= 15 is 0 Å². The molecule has 0 atom stereocenters. The highest BCUT2D eigenvalue weighted by molar-refractivity contribution is 4.88. The summed E-state index contributed by atoms with van der Waals surface area (Å²) in [4.78, 5) is 0. The van der Waals surface area contributed by atoms with E-state index in [0.29, 0.717) is 0 Å². The first-order valence-electron chi connectivity index (χ1n) is 3.49. The van der Waals surface area contributed by atoms with Crippen molar-refractivity contribution in [2.75, 3.05) is 0 Å². The highest BCUT2D eigenvalue weighted by atomic mass is 13.6. The Morgan fingerprint density at radius 2 is 1.09 bits per heavy atom. The van der Waals surface area contributed by atoms with Gasteiger partial charge in [-0.25, -0.2) is 0 Å². The van der Waals surface area contributed by atoms with E-state index in [9.17, 15) is 0 Å². The molecule has 0 rings (SSSR count). The van der Waals surface area contributed by atoms with Crippen molar-refractivity contribution in [2.24, 2.45) is 0 Å². The molecule has 0 aromatic rings. The molecule has 0 radical (unpaired) electrons. The third-order valence-electron chi connectivity index (χ3n) is 0.167. The van der Waals surface area contributed by atoms with E-state index in [4.69, 9.17) is 0 Å². The van der Waals surface area contributed by atoms with Gasteiger partial charge in [-0.2, -0.15) is 0 Å². The number of hydrogen-bond donors (Lipinski definition) is 0. The van der Waals surface area contributed by atoms with Gasteiger partial charge < -0.3 is 0 Å². The van der Waals surface area contributed by atoms with Gasteiger partial charge in [0.05, 0.1) is 0 Å². The quantitative estimate of drug-likeness (QED) is 0.391. The molecule has 0 aliphatic heterocycles. The zero-order valence-corrected chi connectivity index (χ0v) is 8.06. The molecule has 0 unspecified atom stereocenters. The molecule has 0 saturated heterocycles. The molecule has 0 aliphatic rings. The maximum Gasteiger partial charge on any atom is -0.0445 e. The predicted molar refractivity (Wildman–Crippen MR) is 56.8 cm³/mol. The molecule has 64 valence electrons. The van der Waals surface area contributed by atoms with Gasteiger partial charge in [0.2, 0.25) is 0 Å². The lowest BCUT2D eigenvalue weighted by atomic mass is 10.4. The van der Waals surface area contributed by atoms with Gasteiger partial charge in [-0.15, -0.1) is 13.2 Å². The maximum atomic E-state index is 3.56. The van der Waals surface area contributed by atoms with Crippen molar-refractivity contribution < 1.29 is 0 Å². The third-order valence-corrected chi connectivity index (χ3v) is 0.167. The molecule has 0 N–H and O–H groups in total. The van der Waals surface area contributed by atoms with Crippen LogP contribution in [0.4, 0.5) is 0 Å². The normalized spacial score (nSPS) is 5.36. The van der Waals surface area contributed by atoms with Crippen LogP contribution >= 0.6 is 0 Å². The number of rotatable bonds is 1. The van der Waals surface area contributed by atoms with Gasteiger partial charge in [0, 0.05) is 0 Å². The van der Waals surface area contributed by atoms with Crippen LogP contribution in [0, 0.1) is 0 Å². The van der Waals surface area contributed by atoms with Gasteiger partial charge in [-0.3, -0.25) is 0 Å². The molecular formula is C11H20. The zero-order chi connectivity index (χ0) is 9.70. The van der Waals surface area contributed by atoms with Gasteiger partial charge in [0.25, 0.3) is 0 Å². The Balaban J connectivity index is -0.0000000886. The van der Waals surface area contributed by atoms with Crippen molar-refractivity contribution in [3.63, 3.8) is 0 Å². The first-order chi connectivity index (χ1) is 5.06. The van der Waals surface area contributed by atoms with Crippen LogP contribution < -0.4 is 0 Å². The minimum Gasteiger partial charge on any atom is -0.103 e. The zero-order valence-electron chi connectivity index (χ0n) is 8.06. The van der Waals surface area contributed by atoms with Crippen LogP contribution in [0.25, 0.3) is 0 Å². The summed E-state index contributed by atoms with van der Waals surface area (Å²) in [5.74, 6) is 0. The van der Waals surface area contributed by atoms with Crippen molar-refractivity contribution in [1.29, 1.82) is 0 Å². The summed E-state index contributed by atoms with van der Waals surface area (Å²) in [6.07, 6.45) is 5.03. The standard InChI is InChI=1S/C4H8.C4H6.C3H6/c1-4(2)3;1-3-4-2;1-3-2/h1H2,2-3H3;3-4H,1-2H2;3H,1H2,2H3. The fraction of sp³-hybridized carbons (Fsp3) is 0.273. The van der Waals surface area contributed by atoms with Crippen molar-refractivity contribution in [1.82, 2.24) is 0 Å². The van der Waals surface area contributed by atoms with E-state index in [1.54, 1.807) is 18.2 Å². The lowest BCUT2D eigenvalue weighted by Crippen LogP contribution is -1.43. The Morgan fingerprint density at radius 1 is 1.00 bits per heavy atom. The van der Waals surface area contributed by atoms with E-state index in [2.05, 4.69) is 26.3 Å². The molecule has 0 saturated carbocycles. The van der Waals surface area contributed by atoms with Crippen LogP contribution in [0.15, 0.2) is 50.1 Å². The van der Waals surface area contributed by atoms with Crippen molar-refractivity contribution in [3.05, 3.63) is 50.1 Å². The fourth-order valence-electron chi connectivity index (χ4n) is 0. The third kappa shape index (κ3) is 271000. The van der Waals surface area contributed by atoms with E-state index in [0.717, 1.165) is 0 Å². The van der Waals surface area contributed by atoms with Crippen LogP contribution in [-0.4, -0.2) is 0 Å². The highest BCUT2D eigenvalue weighted by Gasteiger charge is 1.51. The average Bonchev–Trinajstić information content (AvgIpc) is 1.88. The number of allylic oxidation sites excluding steroid dienone is 4. The molecule has 0 heterocycles. The minimum absolute atomic E-state index is 1.17. The van der Waals surface area contributed by atoms with E-state index in [-0.39, 0.29) is 0 Å². The smallest absolute Gasteiger partial charge is 0.0445 e. The predicted octanol–water partition coefficient (Wildman–Crippen LogP) is 4.13. The Morgan fingerprint density at radius 3 is 1.09 bits per heavy atom. The van der Waals surface area contributed by atoms with Gasteiger partial charge in [0.1, 0.15) is 0 Å². The minimum atomic E-state index is 1.17. The van der Waals surface area contributed by atoms with Gasteiger partial charge in [0.15, 0.2) is 0 Å². The molecule has 0 aromatic heterocycles. The molecule has 0 aliphatic carbocycles. The van der Waals surface area contributed by atoms with Gasteiger partial charge >= 0.3 is 0 Å². The van der Waals surface area contributed by atoms with Gasteiger partial charge in [-0.1, -0.05) is 37.0 Å². The summed E-state index contributed by atoms with van der Waals surface area (Å²) < 4.78 is 0. The first-order valence-corrected chi connectivity index (χ1v) is 3.49. The molecule has 0 heteroatoms. The maximum absolute atomic E-state index is 3.56. The summed E-state index contributed by atoms with van der Waals surface area (Å²) in [5, 5.41) is 0. The van der Waals surface area contributed by atoms with E-state index < -0.39 is 0 Å². The van der Waals surface area contributed by atoms with Crippen molar-refractivity contribution >= 4 is 0 Å². The Bertz CT molecular complexity index is 97.2. The molecule has 0 fully saturated rings. The Labute approximate surface area is 71.6 Å². The topological polar surface area (TPSA) is 0 Å². The molecule has 11 heavy (non-hydrogen) atoms. The largest absolute Gasteiger partial charge is 0.103 e. The molecule has 0 nitrogen and oxygen atoms in total. The van der Waals surface area contributed by atoms with Crippen LogP contribution in [0.2, 0.25) is 0 Å². The fourth-order valence-corrected chi connectivity index (χ4v) is 0. The molecule has 0 aromatic carbocycles. The second-order valence-corrected chi connectivity index (χ2v) is 2.09. The number of hydrogen-bond acceptors (Lipinski definition) is 0. The lowest BCUT2D eigenvalue weighted by molar-refractivity contribution is 1.42.